The lowest BCUT2D eigenvalue weighted by Crippen LogP contribution is -2.16. The maximum atomic E-state index is 13.0. The smallest absolute Gasteiger partial charge is 0.331 e. The zero-order valence-corrected chi connectivity index (χ0v) is 8.85. The summed E-state index contributed by atoms with van der Waals surface area (Å²) in [5.74, 6) is -3.53. The summed E-state index contributed by atoms with van der Waals surface area (Å²) in [5.41, 5.74) is -0.440. The molecule has 0 saturated heterocycles. The lowest BCUT2D eigenvalue weighted by Gasteiger charge is -2.13. The Bertz CT molecular complexity index is 353. The van der Waals surface area contributed by atoms with Gasteiger partial charge in [-0.3, -0.25) is 4.79 Å². The molecule has 1 rings (SSSR count). The maximum Gasteiger partial charge on any atom is 0.331 e. The van der Waals surface area contributed by atoms with Crippen LogP contribution in [-0.4, -0.2) is 13.4 Å². The topological polar surface area (TPSA) is 26.3 Å². The second-order valence-corrected chi connectivity index (χ2v) is 3.50. The maximum absolute atomic E-state index is 13.0. The van der Waals surface area contributed by atoms with Gasteiger partial charge in [0, 0.05) is 4.47 Å². The molecule has 0 N–H and O–H groups in total. The van der Waals surface area contributed by atoms with Gasteiger partial charge in [-0.05, 0) is 18.2 Å². The summed E-state index contributed by atoms with van der Waals surface area (Å²) in [5, 5.41) is 0. The number of halogens is 3. The van der Waals surface area contributed by atoms with E-state index in [1.165, 1.54) is 13.2 Å². The van der Waals surface area contributed by atoms with Crippen molar-refractivity contribution in [3.05, 3.63) is 28.2 Å². The number of carbonyl (C=O) groups is 1. The largest absolute Gasteiger partial charge is 0.496 e. The van der Waals surface area contributed by atoms with Crippen LogP contribution in [0.25, 0.3) is 0 Å². The Labute approximate surface area is 88.0 Å². The molecule has 0 aliphatic heterocycles. The number of hydrogen-bond acceptors (Lipinski definition) is 2. The summed E-state index contributed by atoms with van der Waals surface area (Å²) in [6.45, 7) is 0. The molecule has 5 heteroatoms. The minimum atomic E-state index is -3.52. The Morgan fingerprint density at radius 1 is 1.50 bits per heavy atom. The molecule has 0 atom stereocenters. The van der Waals surface area contributed by atoms with E-state index in [2.05, 4.69) is 15.9 Å². The van der Waals surface area contributed by atoms with E-state index >= 15 is 0 Å². The fourth-order valence-corrected chi connectivity index (χ4v) is 1.37. The van der Waals surface area contributed by atoms with Crippen molar-refractivity contribution in [2.45, 2.75) is 5.92 Å². The van der Waals surface area contributed by atoms with E-state index in [9.17, 15) is 13.6 Å². The quantitative estimate of drug-likeness (QED) is 0.785. The highest BCUT2D eigenvalue weighted by atomic mass is 79.9. The van der Waals surface area contributed by atoms with Crippen LogP contribution in [0, 0.1) is 0 Å². The molecule has 2 nitrogen and oxygen atoms in total. The van der Waals surface area contributed by atoms with Gasteiger partial charge in [0.05, 0.1) is 12.7 Å². The van der Waals surface area contributed by atoms with Crippen LogP contribution in [0.2, 0.25) is 0 Å². The average molecular weight is 265 g/mol. The summed E-state index contributed by atoms with van der Waals surface area (Å²) < 4.78 is 31.3. The van der Waals surface area contributed by atoms with Crippen molar-refractivity contribution in [1.29, 1.82) is 0 Å². The first-order chi connectivity index (χ1) is 6.51. The summed E-state index contributed by atoms with van der Waals surface area (Å²) in [7, 11) is 1.27. The zero-order chi connectivity index (χ0) is 10.8. The molecule has 14 heavy (non-hydrogen) atoms. The van der Waals surface area contributed by atoms with Crippen molar-refractivity contribution >= 4 is 22.2 Å². The normalized spacial score (nSPS) is 11.1. The number of rotatable bonds is 3. The first-order valence-electron chi connectivity index (χ1n) is 3.69. The molecule has 0 fully saturated rings. The molecule has 0 aliphatic rings. The van der Waals surface area contributed by atoms with Crippen LogP contribution >= 0.6 is 15.9 Å². The van der Waals surface area contributed by atoms with Crippen LogP contribution in [0.4, 0.5) is 8.78 Å². The van der Waals surface area contributed by atoms with Gasteiger partial charge >= 0.3 is 5.92 Å². The van der Waals surface area contributed by atoms with Crippen molar-refractivity contribution in [2.24, 2.45) is 0 Å². The summed E-state index contributed by atoms with van der Waals surface area (Å²) in [4.78, 5) is 10.2. The molecule has 0 unspecified atom stereocenters. The minimum Gasteiger partial charge on any atom is -0.496 e. The fraction of sp³-hybridized carbons (Fsp3) is 0.222. The zero-order valence-electron chi connectivity index (χ0n) is 7.26. The van der Waals surface area contributed by atoms with Crippen molar-refractivity contribution in [2.75, 3.05) is 7.11 Å². The number of hydrogen-bond donors (Lipinski definition) is 0. The molecule has 0 aromatic heterocycles. The molecular formula is C9H7BrF2O2. The summed E-state index contributed by atoms with van der Waals surface area (Å²) in [6, 6.07) is 4.09. The van der Waals surface area contributed by atoms with E-state index < -0.39 is 17.8 Å². The van der Waals surface area contributed by atoms with Crippen LogP contribution in [-0.2, 0) is 10.7 Å². The van der Waals surface area contributed by atoms with Gasteiger partial charge in [-0.15, -0.1) is 0 Å². The summed E-state index contributed by atoms with van der Waals surface area (Å²) in [6.07, 6.45) is -0.405. The number of alkyl halides is 2. The molecule has 0 amide bonds. The van der Waals surface area contributed by atoms with E-state index in [4.69, 9.17) is 4.74 Å². The molecular weight excluding hydrogens is 258 g/mol. The van der Waals surface area contributed by atoms with E-state index in [0.29, 0.717) is 4.47 Å². The second-order valence-electron chi connectivity index (χ2n) is 2.59. The Hall–Kier alpha value is -0.970. The monoisotopic (exact) mass is 264 g/mol. The molecule has 1 aromatic carbocycles. The predicted molar refractivity (Wildman–Crippen MR) is 50.7 cm³/mol. The van der Waals surface area contributed by atoms with Gasteiger partial charge in [0.1, 0.15) is 5.75 Å². The van der Waals surface area contributed by atoms with Crippen LogP contribution in [0.3, 0.4) is 0 Å². The highest BCUT2D eigenvalue weighted by Gasteiger charge is 2.34. The van der Waals surface area contributed by atoms with Gasteiger partial charge in [-0.2, -0.15) is 8.78 Å². The van der Waals surface area contributed by atoms with Crippen LogP contribution in [0.1, 0.15) is 5.56 Å². The van der Waals surface area contributed by atoms with Crippen LogP contribution in [0.5, 0.6) is 5.75 Å². The third-order valence-corrected chi connectivity index (χ3v) is 2.16. The van der Waals surface area contributed by atoms with E-state index in [0.717, 1.165) is 6.07 Å². The first kappa shape index (κ1) is 11.1. The first-order valence-corrected chi connectivity index (χ1v) is 4.48. The lowest BCUT2D eigenvalue weighted by atomic mass is 10.1. The molecule has 0 aliphatic carbocycles. The van der Waals surface area contributed by atoms with E-state index in [1.807, 2.05) is 0 Å². The van der Waals surface area contributed by atoms with Crippen LogP contribution in [0.15, 0.2) is 22.7 Å². The van der Waals surface area contributed by atoms with Crippen molar-refractivity contribution in [3.8, 4) is 5.75 Å². The predicted octanol–water partition coefficient (Wildman–Crippen LogP) is 2.75. The van der Waals surface area contributed by atoms with Gasteiger partial charge in [0.25, 0.3) is 0 Å². The Kier molecular flexibility index (Phi) is 3.21. The van der Waals surface area contributed by atoms with Crippen molar-refractivity contribution in [1.82, 2.24) is 0 Å². The summed E-state index contributed by atoms with van der Waals surface area (Å²) >= 11 is 3.04. The van der Waals surface area contributed by atoms with Gasteiger partial charge in [0.2, 0.25) is 0 Å². The molecule has 0 bridgehead atoms. The number of benzene rings is 1. The number of aldehydes is 1. The van der Waals surface area contributed by atoms with Crippen molar-refractivity contribution < 1.29 is 18.3 Å². The van der Waals surface area contributed by atoms with E-state index in [1.54, 1.807) is 6.07 Å². The minimum absolute atomic E-state index is 0.00898. The molecule has 0 saturated carbocycles. The lowest BCUT2D eigenvalue weighted by molar-refractivity contribution is -0.130. The molecule has 76 valence electrons. The molecule has 0 spiro atoms. The highest BCUT2D eigenvalue weighted by molar-refractivity contribution is 9.10. The van der Waals surface area contributed by atoms with Crippen molar-refractivity contribution in [3.63, 3.8) is 0 Å². The van der Waals surface area contributed by atoms with E-state index in [-0.39, 0.29) is 5.75 Å². The second kappa shape index (κ2) is 4.04. The number of carbonyl (C=O) groups excluding carboxylic acids is 1. The van der Waals surface area contributed by atoms with Gasteiger partial charge in [0.15, 0.2) is 6.29 Å². The SMILES string of the molecule is COc1ccc(Br)cc1C(F)(F)C=O. The van der Waals surface area contributed by atoms with Gasteiger partial charge in [-0.25, -0.2) is 0 Å². The Morgan fingerprint density at radius 3 is 2.64 bits per heavy atom. The standard InChI is InChI=1S/C9H7BrF2O2/c1-14-8-3-2-6(10)4-7(8)9(11,12)5-13/h2-5H,1H3. The molecule has 0 heterocycles. The van der Waals surface area contributed by atoms with Gasteiger partial charge < -0.3 is 4.74 Å². The number of methoxy groups -OCH3 is 1. The Morgan fingerprint density at radius 2 is 2.14 bits per heavy atom. The number of ether oxygens (including phenoxy) is 1. The Balaban J connectivity index is 3.30. The third kappa shape index (κ3) is 2.09. The highest BCUT2D eigenvalue weighted by Crippen LogP contribution is 2.35. The van der Waals surface area contributed by atoms with Gasteiger partial charge in [-0.1, -0.05) is 15.9 Å². The fourth-order valence-electron chi connectivity index (χ4n) is 1.00. The van der Waals surface area contributed by atoms with Crippen LogP contribution < -0.4 is 4.74 Å². The molecule has 0 radical (unpaired) electrons. The third-order valence-electron chi connectivity index (χ3n) is 1.67. The molecule has 1 aromatic rings. The average Bonchev–Trinajstić information content (AvgIpc) is 2.18.